The predicted octanol–water partition coefficient (Wildman–Crippen LogP) is 4.09. The minimum absolute atomic E-state index is 0.0441. The first-order chi connectivity index (χ1) is 14.1. The normalized spacial score (nSPS) is 11.0. The van der Waals surface area contributed by atoms with Crippen LogP contribution in [0.4, 0.5) is 0 Å². The Morgan fingerprint density at radius 1 is 1.14 bits per heavy atom. The van der Waals surface area contributed by atoms with Crippen molar-refractivity contribution in [2.75, 3.05) is 7.05 Å². The molecule has 6 nitrogen and oxygen atoms in total. The lowest BCUT2D eigenvalue weighted by Crippen LogP contribution is -2.26. The molecule has 29 heavy (non-hydrogen) atoms. The van der Waals surface area contributed by atoms with Crippen LogP contribution in [0.25, 0.3) is 22.2 Å². The second kappa shape index (κ2) is 7.83. The second-order valence-electron chi connectivity index (χ2n) is 7.05. The Kier molecular flexibility index (Phi) is 5.08. The quantitative estimate of drug-likeness (QED) is 0.519. The monoisotopic (exact) mass is 385 g/mol. The number of aryl methyl sites for hydroxylation is 1. The highest BCUT2D eigenvalue weighted by molar-refractivity contribution is 6.07. The van der Waals surface area contributed by atoms with Crippen LogP contribution in [0.2, 0.25) is 0 Å². The van der Waals surface area contributed by atoms with E-state index in [1.54, 1.807) is 17.3 Å². The molecule has 0 aliphatic carbocycles. The molecule has 0 aliphatic rings. The Morgan fingerprint density at radius 2 is 1.97 bits per heavy atom. The van der Waals surface area contributed by atoms with E-state index in [0.717, 1.165) is 40.0 Å². The van der Waals surface area contributed by atoms with Crippen LogP contribution in [0.15, 0.2) is 61.1 Å². The molecule has 6 heteroatoms. The van der Waals surface area contributed by atoms with Gasteiger partial charge in [0.05, 0.1) is 23.0 Å². The van der Waals surface area contributed by atoms with Gasteiger partial charge in [0.25, 0.3) is 5.91 Å². The number of amides is 1. The number of benzene rings is 1. The third kappa shape index (κ3) is 3.61. The molecule has 0 fully saturated rings. The standard InChI is InChI=1S/C23H23N5O/c1-4-28-16(2)18(14-25-28)15-27(3)23(29)20-12-22(17-8-7-11-24-13-17)26-21-10-6-5-9-19(20)21/h5-14H,4,15H2,1-3H3. The number of pyridine rings is 2. The van der Waals surface area contributed by atoms with Crippen molar-refractivity contribution in [1.82, 2.24) is 24.6 Å². The molecule has 0 saturated heterocycles. The summed E-state index contributed by atoms with van der Waals surface area (Å²) in [5.74, 6) is -0.0441. The van der Waals surface area contributed by atoms with Crippen LogP contribution in [0, 0.1) is 6.92 Å². The Labute approximate surface area is 169 Å². The van der Waals surface area contributed by atoms with Gasteiger partial charge in [0.1, 0.15) is 0 Å². The minimum Gasteiger partial charge on any atom is -0.337 e. The Balaban J connectivity index is 1.73. The molecule has 0 radical (unpaired) electrons. The van der Waals surface area contributed by atoms with E-state index in [2.05, 4.69) is 17.0 Å². The van der Waals surface area contributed by atoms with E-state index in [9.17, 15) is 4.79 Å². The van der Waals surface area contributed by atoms with Gasteiger partial charge < -0.3 is 4.90 Å². The highest BCUT2D eigenvalue weighted by atomic mass is 16.2. The van der Waals surface area contributed by atoms with E-state index in [-0.39, 0.29) is 5.91 Å². The van der Waals surface area contributed by atoms with Crippen molar-refractivity contribution >= 4 is 16.8 Å². The van der Waals surface area contributed by atoms with E-state index >= 15 is 0 Å². The van der Waals surface area contributed by atoms with Crippen molar-refractivity contribution in [3.8, 4) is 11.3 Å². The molecule has 3 heterocycles. The summed E-state index contributed by atoms with van der Waals surface area (Å²) in [6, 6.07) is 13.4. The van der Waals surface area contributed by atoms with Gasteiger partial charge in [-0.1, -0.05) is 18.2 Å². The average Bonchev–Trinajstić information content (AvgIpc) is 3.12. The van der Waals surface area contributed by atoms with Crippen molar-refractivity contribution in [3.63, 3.8) is 0 Å². The number of aromatic nitrogens is 4. The average molecular weight is 385 g/mol. The maximum Gasteiger partial charge on any atom is 0.254 e. The maximum absolute atomic E-state index is 13.4. The number of para-hydroxylation sites is 1. The summed E-state index contributed by atoms with van der Waals surface area (Å²) in [5.41, 5.74) is 5.19. The third-order valence-corrected chi connectivity index (χ3v) is 5.16. The molecule has 0 aliphatic heterocycles. The molecule has 0 atom stereocenters. The highest BCUT2D eigenvalue weighted by Gasteiger charge is 2.19. The maximum atomic E-state index is 13.4. The van der Waals surface area contributed by atoms with Crippen molar-refractivity contribution in [2.24, 2.45) is 0 Å². The van der Waals surface area contributed by atoms with Gasteiger partial charge in [-0.2, -0.15) is 5.10 Å². The first-order valence-electron chi connectivity index (χ1n) is 9.65. The first-order valence-corrected chi connectivity index (χ1v) is 9.65. The van der Waals surface area contributed by atoms with Crippen molar-refractivity contribution in [3.05, 3.63) is 77.9 Å². The van der Waals surface area contributed by atoms with Crippen LogP contribution < -0.4 is 0 Å². The van der Waals surface area contributed by atoms with Gasteiger partial charge in [-0.15, -0.1) is 0 Å². The summed E-state index contributed by atoms with van der Waals surface area (Å²) in [5, 5.41) is 5.23. The Bertz CT molecular complexity index is 1170. The zero-order valence-corrected chi connectivity index (χ0v) is 16.8. The summed E-state index contributed by atoms with van der Waals surface area (Å²) in [4.78, 5) is 24.0. The fourth-order valence-electron chi connectivity index (χ4n) is 3.51. The number of hydrogen-bond donors (Lipinski definition) is 0. The fraction of sp³-hybridized carbons (Fsp3) is 0.217. The van der Waals surface area contributed by atoms with Crippen LogP contribution in [0.3, 0.4) is 0 Å². The number of hydrogen-bond acceptors (Lipinski definition) is 4. The second-order valence-corrected chi connectivity index (χ2v) is 7.05. The fourth-order valence-corrected chi connectivity index (χ4v) is 3.51. The molecule has 146 valence electrons. The van der Waals surface area contributed by atoms with E-state index in [4.69, 9.17) is 4.98 Å². The van der Waals surface area contributed by atoms with Gasteiger partial charge in [-0.25, -0.2) is 4.98 Å². The Hall–Kier alpha value is -3.54. The first kappa shape index (κ1) is 18.8. The van der Waals surface area contributed by atoms with Gasteiger partial charge in [0, 0.05) is 54.7 Å². The van der Waals surface area contributed by atoms with Crippen molar-refractivity contribution < 1.29 is 4.79 Å². The zero-order chi connectivity index (χ0) is 20.4. The third-order valence-electron chi connectivity index (χ3n) is 5.16. The van der Waals surface area contributed by atoms with Gasteiger partial charge in [-0.3, -0.25) is 14.5 Å². The lowest BCUT2D eigenvalue weighted by molar-refractivity contribution is 0.0787. The topological polar surface area (TPSA) is 63.9 Å². The molecule has 0 bridgehead atoms. The highest BCUT2D eigenvalue weighted by Crippen LogP contribution is 2.25. The molecule has 0 spiro atoms. The van der Waals surface area contributed by atoms with Crippen LogP contribution in [-0.2, 0) is 13.1 Å². The largest absolute Gasteiger partial charge is 0.337 e. The number of fused-ring (bicyclic) bond motifs is 1. The number of nitrogens with zero attached hydrogens (tertiary/aromatic N) is 5. The van der Waals surface area contributed by atoms with Crippen LogP contribution in [0.5, 0.6) is 0 Å². The molecule has 0 unspecified atom stereocenters. The molecule has 1 amide bonds. The van der Waals surface area contributed by atoms with Gasteiger partial charge in [-0.05, 0) is 38.1 Å². The van der Waals surface area contributed by atoms with Gasteiger partial charge >= 0.3 is 0 Å². The smallest absolute Gasteiger partial charge is 0.254 e. The van der Waals surface area contributed by atoms with E-state index in [0.29, 0.717) is 12.1 Å². The molecule has 4 rings (SSSR count). The van der Waals surface area contributed by atoms with Crippen molar-refractivity contribution in [2.45, 2.75) is 26.9 Å². The SMILES string of the molecule is CCn1ncc(CN(C)C(=O)c2cc(-c3cccnc3)nc3ccccc23)c1C. The van der Waals surface area contributed by atoms with Crippen LogP contribution in [-0.4, -0.2) is 37.6 Å². The van der Waals surface area contributed by atoms with Gasteiger partial charge in [0.15, 0.2) is 0 Å². The summed E-state index contributed by atoms with van der Waals surface area (Å²) >= 11 is 0. The lowest BCUT2D eigenvalue weighted by atomic mass is 10.0. The molecule has 0 N–H and O–H groups in total. The number of carbonyl (C=O) groups is 1. The van der Waals surface area contributed by atoms with E-state index < -0.39 is 0 Å². The molecule has 1 aromatic carbocycles. The van der Waals surface area contributed by atoms with E-state index in [1.807, 2.05) is 67.3 Å². The summed E-state index contributed by atoms with van der Waals surface area (Å²) in [6.45, 7) is 5.41. The number of carbonyl (C=O) groups excluding carboxylic acids is 1. The summed E-state index contributed by atoms with van der Waals surface area (Å²) in [6.07, 6.45) is 5.33. The van der Waals surface area contributed by atoms with Crippen LogP contribution >= 0.6 is 0 Å². The summed E-state index contributed by atoms with van der Waals surface area (Å²) in [7, 11) is 1.82. The zero-order valence-electron chi connectivity index (χ0n) is 16.8. The van der Waals surface area contributed by atoms with Crippen molar-refractivity contribution in [1.29, 1.82) is 0 Å². The predicted molar refractivity (Wildman–Crippen MR) is 113 cm³/mol. The minimum atomic E-state index is -0.0441. The molecule has 0 saturated carbocycles. The van der Waals surface area contributed by atoms with Crippen LogP contribution in [0.1, 0.15) is 28.5 Å². The molecule has 4 aromatic rings. The summed E-state index contributed by atoms with van der Waals surface area (Å²) < 4.78 is 1.94. The lowest BCUT2D eigenvalue weighted by Gasteiger charge is -2.19. The molecular formula is C23H23N5O. The number of rotatable bonds is 5. The molecule has 3 aromatic heterocycles. The van der Waals surface area contributed by atoms with Gasteiger partial charge in [0.2, 0.25) is 0 Å². The van der Waals surface area contributed by atoms with E-state index in [1.165, 1.54) is 0 Å². The molecular weight excluding hydrogens is 362 g/mol. The Morgan fingerprint density at radius 3 is 2.69 bits per heavy atom.